The van der Waals surface area contributed by atoms with E-state index in [-0.39, 0.29) is 23.5 Å². The van der Waals surface area contributed by atoms with Crippen molar-refractivity contribution in [3.05, 3.63) is 53.5 Å². The Hall–Kier alpha value is -2.94. The Bertz CT molecular complexity index is 660. The average Bonchev–Trinajstić information content (AvgIpc) is 2.47. The van der Waals surface area contributed by atoms with E-state index in [1.54, 1.807) is 24.3 Å². The molecule has 20 heavy (non-hydrogen) atoms. The van der Waals surface area contributed by atoms with E-state index in [4.69, 9.17) is 11.0 Å². The van der Waals surface area contributed by atoms with Crippen molar-refractivity contribution in [2.45, 2.75) is 13.0 Å². The van der Waals surface area contributed by atoms with E-state index >= 15 is 0 Å². The monoisotopic (exact) mass is 267 g/mol. The number of benzene rings is 1. The van der Waals surface area contributed by atoms with Crippen LogP contribution in [0.4, 0.5) is 5.82 Å². The number of carbonyl (C=O) groups excluding carboxylic acids is 1. The number of nitrogens with one attached hydrogen (secondary N) is 1. The highest BCUT2D eigenvalue weighted by atomic mass is 16.1. The van der Waals surface area contributed by atoms with Crippen LogP contribution in [0.25, 0.3) is 0 Å². The van der Waals surface area contributed by atoms with Crippen LogP contribution >= 0.6 is 0 Å². The Kier molecular flexibility index (Phi) is 3.91. The van der Waals surface area contributed by atoms with E-state index in [2.05, 4.69) is 15.3 Å². The molecule has 3 N–H and O–H groups in total. The van der Waals surface area contributed by atoms with Crippen molar-refractivity contribution in [1.82, 2.24) is 15.3 Å². The average molecular weight is 267 g/mol. The quantitative estimate of drug-likeness (QED) is 0.875. The molecule has 0 spiro atoms. The Balaban J connectivity index is 2.09. The van der Waals surface area contributed by atoms with Crippen molar-refractivity contribution < 1.29 is 4.79 Å². The molecule has 0 aliphatic rings. The minimum Gasteiger partial charge on any atom is -0.384 e. The van der Waals surface area contributed by atoms with E-state index in [9.17, 15) is 4.79 Å². The van der Waals surface area contributed by atoms with E-state index in [0.29, 0.717) is 5.56 Å². The third-order valence-electron chi connectivity index (χ3n) is 2.81. The summed E-state index contributed by atoms with van der Waals surface area (Å²) in [6.07, 6.45) is 1.25. The molecule has 2 rings (SSSR count). The zero-order chi connectivity index (χ0) is 14.5. The van der Waals surface area contributed by atoms with Crippen LogP contribution in [0.15, 0.2) is 36.7 Å². The fourth-order valence-corrected chi connectivity index (χ4v) is 1.70. The number of amides is 1. The number of nitrogens with two attached hydrogens (primary N) is 1. The number of nitrogens with zero attached hydrogens (tertiary/aromatic N) is 3. The van der Waals surface area contributed by atoms with Crippen LogP contribution < -0.4 is 11.1 Å². The molecule has 0 aliphatic heterocycles. The van der Waals surface area contributed by atoms with Crippen molar-refractivity contribution in [1.29, 1.82) is 5.26 Å². The molecule has 1 amide bonds. The fraction of sp³-hybridized carbons (Fsp3) is 0.143. The van der Waals surface area contributed by atoms with Crippen LogP contribution in [0, 0.1) is 11.3 Å². The molecular weight excluding hydrogens is 254 g/mol. The smallest absolute Gasteiger partial charge is 0.270 e. The number of aromatic nitrogens is 2. The van der Waals surface area contributed by atoms with Gasteiger partial charge in [0.1, 0.15) is 17.8 Å². The summed E-state index contributed by atoms with van der Waals surface area (Å²) in [5.41, 5.74) is 7.21. The minimum atomic E-state index is -0.323. The third-order valence-corrected chi connectivity index (χ3v) is 2.81. The molecule has 100 valence electrons. The maximum Gasteiger partial charge on any atom is 0.270 e. The van der Waals surface area contributed by atoms with Gasteiger partial charge in [-0.1, -0.05) is 12.1 Å². The lowest BCUT2D eigenvalue weighted by Gasteiger charge is -2.14. The predicted octanol–water partition coefficient (Wildman–Crippen LogP) is 1.42. The largest absolute Gasteiger partial charge is 0.384 e. The highest BCUT2D eigenvalue weighted by Crippen LogP contribution is 2.13. The predicted molar refractivity (Wildman–Crippen MR) is 73.5 cm³/mol. The number of anilines is 1. The first-order chi connectivity index (χ1) is 9.60. The molecule has 0 saturated heterocycles. The molecule has 1 aromatic heterocycles. The second kappa shape index (κ2) is 5.80. The molecule has 0 saturated carbocycles. The molecule has 6 heteroatoms. The number of rotatable bonds is 3. The molecule has 0 unspecified atom stereocenters. The summed E-state index contributed by atoms with van der Waals surface area (Å²) < 4.78 is 0. The second-order valence-electron chi connectivity index (χ2n) is 4.26. The van der Waals surface area contributed by atoms with Gasteiger partial charge in [-0.2, -0.15) is 5.26 Å². The van der Waals surface area contributed by atoms with Gasteiger partial charge in [-0.25, -0.2) is 9.97 Å². The van der Waals surface area contributed by atoms with Gasteiger partial charge in [-0.05, 0) is 24.6 Å². The van der Waals surface area contributed by atoms with Crippen LogP contribution in [-0.4, -0.2) is 15.9 Å². The summed E-state index contributed by atoms with van der Waals surface area (Å²) in [5.74, 6) is -0.0767. The summed E-state index contributed by atoms with van der Waals surface area (Å²) >= 11 is 0. The number of nitriles is 1. The second-order valence-corrected chi connectivity index (χ2v) is 4.26. The molecule has 1 atom stereocenters. The Morgan fingerprint density at radius 2 is 2.05 bits per heavy atom. The number of carbonyl (C=O) groups is 1. The maximum absolute atomic E-state index is 12.0. The third kappa shape index (κ3) is 3.09. The molecule has 6 nitrogen and oxygen atoms in total. The van der Waals surface area contributed by atoms with Crippen molar-refractivity contribution in [3.8, 4) is 6.07 Å². The maximum atomic E-state index is 12.0. The summed E-state index contributed by atoms with van der Waals surface area (Å²) in [7, 11) is 0. The van der Waals surface area contributed by atoms with Crippen molar-refractivity contribution in [2.24, 2.45) is 0 Å². The summed E-state index contributed by atoms with van der Waals surface area (Å²) in [4.78, 5) is 19.6. The summed E-state index contributed by atoms with van der Waals surface area (Å²) in [6, 6.07) is 10.3. The van der Waals surface area contributed by atoms with Crippen molar-refractivity contribution >= 4 is 11.7 Å². The minimum absolute atomic E-state index is 0.202. The van der Waals surface area contributed by atoms with Crippen LogP contribution in [-0.2, 0) is 0 Å². The van der Waals surface area contributed by atoms with E-state index in [0.717, 1.165) is 5.56 Å². The Morgan fingerprint density at radius 3 is 2.65 bits per heavy atom. The van der Waals surface area contributed by atoms with Gasteiger partial charge >= 0.3 is 0 Å². The normalized spacial score (nSPS) is 11.4. The topological polar surface area (TPSA) is 105 Å². The van der Waals surface area contributed by atoms with Crippen LogP contribution in [0.1, 0.15) is 34.6 Å². The first-order valence-corrected chi connectivity index (χ1v) is 5.98. The molecule has 0 fully saturated rings. The van der Waals surface area contributed by atoms with Gasteiger partial charge in [0.2, 0.25) is 0 Å². The molecule has 0 radical (unpaired) electrons. The molecular formula is C14H13N5O. The van der Waals surface area contributed by atoms with E-state index in [1.165, 1.54) is 12.4 Å². The van der Waals surface area contributed by atoms with Crippen molar-refractivity contribution in [3.63, 3.8) is 0 Å². The van der Waals surface area contributed by atoms with Gasteiger partial charge in [-0.3, -0.25) is 4.79 Å². The van der Waals surface area contributed by atoms with Crippen LogP contribution in [0.2, 0.25) is 0 Å². The Labute approximate surface area is 116 Å². The van der Waals surface area contributed by atoms with Gasteiger partial charge in [-0.15, -0.1) is 0 Å². The van der Waals surface area contributed by atoms with Crippen molar-refractivity contribution in [2.75, 3.05) is 5.73 Å². The standard InChI is InChI=1S/C14H13N5O/c1-9(11-4-2-10(7-15)3-5-11)19-14(20)12-6-13(16)18-8-17-12/h2-6,8-9H,1H3,(H,19,20)(H2,16,17,18)/t9-/m0/s1. The van der Waals surface area contributed by atoms with Gasteiger partial charge < -0.3 is 11.1 Å². The Morgan fingerprint density at radius 1 is 1.35 bits per heavy atom. The fourth-order valence-electron chi connectivity index (χ4n) is 1.70. The zero-order valence-corrected chi connectivity index (χ0v) is 10.9. The highest BCUT2D eigenvalue weighted by molar-refractivity contribution is 5.93. The lowest BCUT2D eigenvalue weighted by atomic mass is 10.1. The van der Waals surface area contributed by atoms with Gasteiger partial charge in [0.15, 0.2) is 0 Å². The first-order valence-electron chi connectivity index (χ1n) is 5.98. The van der Waals surface area contributed by atoms with Crippen LogP contribution in [0.5, 0.6) is 0 Å². The van der Waals surface area contributed by atoms with Gasteiger partial charge in [0, 0.05) is 6.07 Å². The number of hydrogen-bond donors (Lipinski definition) is 2. The molecule has 1 heterocycles. The lowest BCUT2D eigenvalue weighted by Crippen LogP contribution is -2.27. The lowest BCUT2D eigenvalue weighted by molar-refractivity contribution is 0.0934. The molecule has 0 aliphatic carbocycles. The molecule has 1 aromatic carbocycles. The van der Waals surface area contributed by atoms with E-state index < -0.39 is 0 Å². The SMILES string of the molecule is C[C@H](NC(=O)c1cc(N)ncn1)c1ccc(C#N)cc1. The highest BCUT2D eigenvalue weighted by Gasteiger charge is 2.12. The molecule has 2 aromatic rings. The number of nitrogen functional groups attached to an aromatic ring is 1. The first kappa shape index (κ1) is 13.5. The molecule has 0 bridgehead atoms. The zero-order valence-electron chi connectivity index (χ0n) is 10.9. The summed E-state index contributed by atoms with van der Waals surface area (Å²) in [5, 5.41) is 11.6. The van der Waals surface area contributed by atoms with Gasteiger partial charge in [0.05, 0.1) is 17.7 Å². The van der Waals surface area contributed by atoms with E-state index in [1.807, 2.05) is 13.0 Å². The summed E-state index contributed by atoms with van der Waals surface area (Å²) in [6.45, 7) is 1.85. The van der Waals surface area contributed by atoms with Crippen LogP contribution in [0.3, 0.4) is 0 Å². The number of hydrogen-bond acceptors (Lipinski definition) is 5. The van der Waals surface area contributed by atoms with Gasteiger partial charge in [0.25, 0.3) is 5.91 Å².